The Morgan fingerprint density at radius 2 is 1.54 bits per heavy atom. The van der Waals surface area contributed by atoms with Crippen LogP contribution in [0.3, 0.4) is 0 Å². The number of aryl methyl sites for hydroxylation is 2. The quantitative estimate of drug-likeness (QED) is 0.130. The molecule has 7 heteroatoms. The zero-order chi connectivity index (χ0) is 29.2. The molecule has 4 rings (SSSR count). The monoisotopic (exact) mass is 553 g/mol. The van der Waals surface area contributed by atoms with E-state index < -0.39 is 11.9 Å². The predicted molar refractivity (Wildman–Crippen MR) is 162 cm³/mol. The normalized spacial score (nSPS) is 11.5. The summed E-state index contributed by atoms with van der Waals surface area (Å²) in [4.78, 5) is 22.7. The van der Waals surface area contributed by atoms with Crippen molar-refractivity contribution < 1.29 is 29.3 Å². The molecule has 4 aromatic rings. The number of benzene rings is 3. The zero-order valence-corrected chi connectivity index (χ0v) is 23.4. The highest BCUT2D eigenvalue weighted by Gasteiger charge is 2.18. The lowest BCUT2D eigenvalue weighted by Gasteiger charge is -2.08. The summed E-state index contributed by atoms with van der Waals surface area (Å²) in [5.41, 5.74) is 5.72. The van der Waals surface area contributed by atoms with Gasteiger partial charge in [0.25, 0.3) is 0 Å². The molecule has 0 unspecified atom stereocenters. The standard InChI is InChI=1S/C34H35NO6/c1-24-8-5-10-29(22-24)41-21-4-3-20-40-28-18-15-26(16-19-28)14-17-27-9-6-12-31-30(11-7-13-32(36)37)25(2)35(34(27)31)23-33(38)39/h3-6,8-10,12,14-19,22H,7,11,13,20-21,23H2,1-2H3,(H,36,37)(H,38,39). The molecule has 0 fully saturated rings. The van der Waals surface area contributed by atoms with Crippen molar-refractivity contribution >= 4 is 35.0 Å². The van der Waals surface area contributed by atoms with E-state index in [9.17, 15) is 14.7 Å². The number of carboxylic acid groups (broad SMARTS) is 2. The van der Waals surface area contributed by atoms with E-state index >= 15 is 0 Å². The van der Waals surface area contributed by atoms with E-state index in [0.717, 1.165) is 50.3 Å². The molecule has 0 aliphatic heterocycles. The van der Waals surface area contributed by atoms with Crippen LogP contribution in [0.4, 0.5) is 0 Å². The molecule has 0 aliphatic carbocycles. The first-order valence-electron chi connectivity index (χ1n) is 13.6. The van der Waals surface area contributed by atoms with Gasteiger partial charge in [0.15, 0.2) is 0 Å². The molecule has 0 spiro atoms. The molecule has 41 heavy (non-hydrogen) atoms. The lowest BCUT2D eigenvalue weighted by molar-refractivity contribution is -0.138. The first-order chi connectivity index (χ1) is 19.8. The third-order valence-electron chi connectivity index (χ3n) is 6.80. The maximum Gasteiger partial charge on any atom is 0.323 e. The molecule has 0 saturated carbocycles. The number of carboxylic acids is 2. The van der Waals surface area contributed by atoms with Crippen LogP contribution in [0, 0.1) is 13.8 Å². The maximum atomic E-state index is 11.7. The molecule has 1 aromatic heterocycles. The first kappa shape index (κ1) is 29.2. The van der Waals surface area contributed by atoms with Gasteiger partial charge < -0.3 is 24.3 Å². The van der Waals surface area contributed by atoms with Crippen LogP contribution in [0.25, 0.3) is 23.1 Å². The van der Waals surface area contributed by atoms with E-state index in [2.05, 4.69) is 0 Å². The molecular formula is C34H35NO6. The molecule has 0 atom stereocenters. The minimum Gasteiger partial charge on any atom is -0.490 e. The van der Waals surface area contributed by atoms with E-state index in [0.29, 0.717) is 26.1 Å². The fourth-order valence-corrected chi connectivity index (χ4v) is 4.82. The maximum absolute atomic E-state index is 11.7. The number of nitrogens with zero attached hydrogens (tertiary/aromatic N) is 1. The van der Waals surface area contributed by atoms with Crippen LogP contribution in [-0.2, 0) is 22.6 Å². The van der Waals surface area contributed by atoms with Gasteiger partial charge >= 0.3 is 11.9 Å². The van der Waals surface area contributed by atoms with Gasteiger partial charge in [-0.2, -0.15) is 0 Å². The van der Waals surface area contributed by atoms with Gasteiger partial charge in [0, 0.05) is 17.5 Å². The predicted octanol–water partition coefficient (Wildman–Crippen LogP) is 6.93. The molecule has 3 aromatic carbocycles. The van der Waals surface area contributed by atoms with Crippen LogP contribution < -0.4 is 9.47 Å². The lowest BCUT2D eigenvalue weighted by Crippen LogP contribution is -2.10. The average Bonchev–Trinajstić information content (AvgIpc) is 3.20. The fraction of sp³-hybridized carbons (Fsp3) is 0.235. The van der Waals surface area contributed by atoms with Crippen molar-refractivity contribution in [1.82, 2.24) is 4.57 Å². The highest BCUT2D eigenvalue weighted by molar-refractivity contribution is 5.95. The van der Waals surface area contributed by atoms with Crippen LogP contribution in [0.15, 0.2) is 78.9 Å². The number of hydrogen-bond donors (Lipinski definition) is 2. The minimum atomic E-state index is -0.926. The van der Waals surface area contributed by atoms with Crippen LogP contribution in [0.2, 0.25) is 0 Å². The van der Waals surface area contributed by atoms with Gasteiger partial charge in [-0.15, -0.1) is 0 Å². The van der Waals surface area contributed by atoms with Gasteiger partial charge in [0.2, 0.25) is 0 Å². The summed E-state index contributed by atoms with van der Waals surface area (Å²) in [5.74, 6) is -0.163. The van der Waals surface area contributed by atoms with Crippen LogP contribution in [0.5, 0.6) is 11.5 Å². The minimum absolute atomic E-state index is 0.0725. The second-order valence-electron chi connectivity index (χ2n) is 9.85. The number of para-hydroxylation sites is 1. The van der Waals surface area contributed by atoms with Gasteiger partial charge in [-0.3, -0.25) is 9.59 Å². The Morgan fingerprint density at radius 3 is 2.22 bits per heavy atom. The summed E-state index contributed by atoms with van der Waals surface area (Å²) in [6, 6.07) is 21.6. The third-order valence-corrected chi connectivity index (χ3v) is 6.80. The zero-order valence-electron chi connectivity index (χ0n) is 23.4. The summed E-state index contributed by atoms with van der Waals surface area (Å²) in [5, 5.41) is 19.6. The molecule has 7 nitrogen and oxygen atoms in total. The molecule has 212 valence electrons. The highest BCUT2D eigenvalue weighted by Crippen LogP contribution is 2.31. The number of aliphatic carboxylic acids is 2. The molecule has 1 heterocycles. The van der Waals surface area contributed by atoms with Crippen LogP contribution >= 0.6 is 0 Å². The van der Waals surface area contributed by atoms with Gasteiger partial charge in [0.05, 0.1) is 5.52 Å². The van der Waals surface area contributed by atoms with Crippen molar-refractivity contribution in [3.63, 3.8) is 0 Å². The summed E-state index contributed by atoms with van der Waals surface area (Å²) < 4.78 is 13.3. The summed E-state index contributed by atoms with van der Waals surface area (Å²) in [7, 11) is 0. The Bertz CT molecular complexity index is 1560. The van der Waals surface area contributed by atoms with Crippen LogP contribution in [0.1, 0.15) is 40.8 Å². The lowest BCUT2D eigenvalue weighted by atomic mass is 10.0. The topological polar surface area (TPSA) is 98.0 Å². The van der Waals surface area contributed by atoms with Crippen molar-refractivity contribution in [3.8, 4) is 11.5 Å². The number of fused-ring (bicyclic) bond motifs is 1. The number of rotatable bonds is 14. The fourth-order valence-electron chi connectivity index (χ4n) is 4.82. The van der Waals surface area contributed by atoms with E-state index in [-0.39, 0.29) is 13.0 Å². The average molecular weight is 554 g/mol. The van der Waals surface area contributed by atoms with Crippen molar-refractivity contribution in [2.75, 3.05) is 13.2 Å². The Morgan fingerprint density at radius 1 is 0.829 bits per heavy atom. The van der Waals surface area contributed by atoms with Gasteiger partial charge in [-0.25, -0.2) is 0 Å². The molecule has 0 saturated heterocycles. The van der Waals surface area contributed by atoms with E-state index in [1.807, 2.05) is 109 Å². The molecule has 2 N–H and O–H groups in total. The summed E-state index contributed by atoms with van der Waals surface area (Å²) in [6.45, 7) is 4.68. The summed E-state index contributed by atoms with van der Waals surface area (Å²) >= 11 is 0. The second kappa shape index (κ2) is 14.0. The van der Waals surface area contributed by atoms with E-state index in [1.165, 1.54) is 0 Å². The van der Waals surface area contributed by atoms with Crippen molar-refractivity contribution in [1.29, 1.82) is 0 Å². The molecule has 0 radical (unpaired) electrons. The first-order valence-corrected chi connectivity index (χ1v) is 13.6. The Hall–Kier alpha value is -4.78. The second-order valence-corrected chi connectivity index (χ2v) is 9.85. The SMILES string of the molecule is Cc1cccc(OCC=CCOc2ccc(C=Cc3cccc4c(CCCC(=O)O)c(C)n(CC(=O)O)c34)cc2)c1. The number of hydrogen-bond acceptors (Lipinski definition) is 4. The molecule has 0 aliphatic rings. The third kappa shape index (κ3) is 8.11. The van der Waals surface area contributed by atoms with Crippen molar-refractivity contribution in [2.45, 2.75) is 39.7 Å². The van der Waals surface area contributed by atoms with Crippen LogP contribution in [-0.4, -0.2) is 39.9 Å². The number of ether oxygens (including phenoxy) is 2. The van der Waals surface area contributed by atoms with Gasteiger partial charge in [0.1, 0.15) is 31.3 Å². The largest absolute Gasteiger partial charge is 0.490 e. The molecule has 0 bridgehead atoms. The van der Waals surface area contributed by atoms with Crippen molar-refractivity contribution in [3.05, 3.63) is 107 Å². The number of aromatic nitrogens is 1. The Balaban J connectivity index is 1.41. The summed E-state index contributed by atoms with van der Waals surface area (Å²) in [6.07, 6.45) is 8.96. The van der Waals surface area contributed by atoms with Crippen molar-refractivity contribution in [2.24, 2.45) is 0 Å². The Labute approximate surface area is 240 Å². The highest BCUT2D eigenvalue weighted by atomic mass is 16.5. The smallest absolute Gasteiger partial charge is 0.323 e. The van der Waals surface area contributed by atoms with E-state index in [1.54, 1.807) is 0 Å². The van der Waals surface area contributed by atoms with Gasteiger partial charge in [-0.05, 0) is 85.4 Å². The van der Waals surface area contributed by atoms with E-state index in [4.69, 9.17) is 14.6 Å². The Kier molecular flexibility index (Phi) is 9.99. The number of carbonyl (C=O) groups is 2. The molecule has 0 amide bonds. The molecular weight excluding hydrogens is 518 g/mol. The van der Waals surface area contributed by atoms with Gasteiger partial charge in [-0.1, -0.05) is 54.6 Å².